The van der Waals surface area contributed by atoms with Crippen molar-refractivity contribution in [3.05, 3.63) is 29.3 Å². The number of carbonyl (C=O) groups is 1. The van der Waals surface area contributed by atoms with E-state index in [1.165, 1.54) is 0 Å². The van der Waals surface area contributed by atoms with Crippen LogP contribution in [0.3, 0.4) is 0 Å². The molecule has 4 heteroatoms. The molecule has 0 aromatic heterocycles. The van der Waals surface area contributed by atoms with E-state index < -0.39 is 0 Å². The Morgan fingerprint density at radius 3 is 2.84 bits per heavy atom. The first-order chi connectivity index (χ1) is 9.10. The van der Waals surface area contributed by atoms with Gasteiger partial charge in [-0.15, -0.1) is 0 Å². The number of nitrogens with one attached hydrogen (secondary N) is 2. The van der Waals surface area contributed by atoms with Crippen molar-refractivity contribution in [1.29, 1.82) is 0 Å². The molecule has 2 N–H and O–H groups in total. The van der Waals surface area contributed by atoms with E-state index in [1.54, 1.807) is 0 Å². The van der Waals surface area contributed by atoms with Crippen LogP contribution in [-0.4, -0.2) is 31.7 Å². The Kier molecular flexibility index (Phi) is 4.43. The second-order valence-corrected chi connectivity index (χ2v) is 5.16. The largest absolute Gasteiger partial charge is 0.388 e. The minimum Gasteiger partial charge on any atom is -0.388 e. The Morgan fingerprint density at radius 1 is 1.42 bits per heavy atom. The van der Waals surface area contributed by atoms with E-state index in [4.69, 9.17) is 4.74 Å². The van der Waals surface area contributed by atoms with Gasteiger partial charge in [0.25, 0.3) is 5.91 Å². The monoisotopic (exact) mass is 262 g/mol. The average molecular weight is 262 g/mol. The number of ether oxygens (including phenoxy) is 1. The minimum absolute atomic E-state index is 0.00449. The molecule has 0 spiro atoms. The highest BCUT2D eigenvalue weighted by atomic mass is 16.5. The highest BCUT2D eigenvalue weighted by Gasteiger charge is 2.21. The molecule has 1 aromatic carbocycles. The van der Waals surface area contributed by atoms with Crippen molar-refractivity contribution >= 4 is 11.6 Å². The van der Waals surface area contributed by atoms with Gasteiger partial charge >= 0.3 is 0 Å². The molecular weight excluding hydrogens is 240 g/mol. The highest BCUT2D eigenvalue weighted by molar-refractivity contribution is 5.95. The number of benzene rings is 1. The van der Waals surface area contributed by atoms with Crippen molar-refractivity contribution in [3.63, 3.8) is 0 Å². The van der Waals surface area contributed by atoms with Gasteiger partial charge in [-0.25, -0.2) is 0 Å². The zero-order chi connectivity index (χ0) is 13.8. The van der Waals surface area contributed by atoms with Gasteiger partial charge in [0, 0.05) is 30.9 Å². The number of amides is 1. The molecule has 2 atom stereocenters. The van der Waals surface area contributed by atoms with E-state index in [0.717, 1.165) is 36.3 Å². The molecule has 1 heterocycles. The zero-order valence-electron chi connectivity index (χ0n) is 11.8. The van der Waals surface area contributed by atoms with Crippen molar-refractivity contribution in [2.75, 3.05) is 19.0 Å². The summed E-state index contributed by atoms with van der Waals surface area (Å²) in [6.07, 6.45) is 2.01. The lowest BCUT2D eigenvalue weighted by Crippen LogP contribution is -2.41. The third-order valence-electron chi connectivity index (χ3n) is 3.58. The van der Waals surface area contributed by atoms with E-state index in [9.17, 15) is 4.79 Å². The standard InChI is InChI=1S/C15H22N2O2/c1-10-8-12(4-5-14(10)16-3)15(18)17-13-6-7-19-11(2)9-13/h4-5,8,11,13,16H,6-7,9H2,1-3H3,(H,17,18). The summed E-state index contributed by atoms with van der Waals surface area (Å²) in [4.78, 5) is 12.2. The molecule has 1 aromatic rings. The summed E-state index contributed by atoms with van der Waals surface area (Å²) in [5.41, 5.74) is 2.85. The van der Waals surface area contributed by atoms with Crippen LogP contribution in [0.5, 0.6) is 0 Å². The average Bonchev–Trinajstić information content (AvgIpc) is 2.38. The van der Waals surface area contributed by atoms with Gasteiger partial charge in [0.2, 0.25) is 0 Å². The van der Waals surface area contributed by atoms with Gasteiger partial charge < -0.3 is 15.4 Å². The molecule has 2 rings (SSSR count). The summed E-state index contributed by atoms with van der Waals surface area (Å²) in [5, 5.41) is 6.19. The summed E-state index contributed by atoms with van der Waals surface area (Å²) in [6.45, 7) is 4.77. The minimum atomic E-state index is 0.00449. The molecular formula is C15H22N2O2. The first kappa shape index (κ1) is 13.9. The zero-order valence-corrected chi connectivity index (χ0v) is 11.8. The number of aryl methyl sites for hydroxylation is 1. The molecule has 1 amide bonds. The number of hydrogen-bond donors (Lipinski definition) is 2. The Bertz CT molecular complexity index is 459. The predicted octanol–water partition coefficient (Wildman–Crippen LogP) is 2.33. The molecule has 1 fully saturated rings. The molecule has 0 bridgehead atoms. The van der Waals surface area contributed by atoms with Crippen LogP contribution < -0.4 is 10.6 Å². The fourth-order valence-corrected chi connectivity index (χ4v) is 2.48. The fourth-order valence-electron chi connectivity index (χ4n) is 2.48. The van der Waals surface area contributed by atoms with E-state index in [1.807, 2.05) is 39.1 Å². The van der Waals surface area contributed by atoms with E-state index >= 15 is 0 Å². The third-order valence-corrected chi connectivity index (χ3v) is 3.58. The highest BCUT2D eigenvalue weighted by Crippen LogP contribution is 2.17. The van der Waals surface area contributed by atoms with Gasteiger partial charge in [0.15, 0.2) is 0 Å². The van der Waals surface area contributed by atoms with E-state index in [2.05, 4.69) is 10.6 Å². The quantitative estimate of drug-likeness (QED) is 0.879. The van der Waals surface area contributed by atoms with Crippen LogP contribution in [0, 0.1) is 6.92 Å². The molecule has 0 aliphatic carbocycles. The summed E-state index contributed by atoms with van der Waals surface area (Å²) < 4.78 is 5.49. The predicted molar refractivity (Wildman–Crippen MR) is 76.6 cm³/mol. The van der Waals surface area contributed by atoms with Crippen LogP contribution in [0.1, 0.15) is 35.7 Å². The van der Waals surface area contributed by atoms with Crippen molar-refractivity contribution in [3.8, 4) is 0 Å². The van der Waals surface area contributed by atoms with Gasteiger partial charge in [-0.3, -0.25) is 4.79 Å². The van der Waals surface area contributed by atoms with Gasteiger partial charge in [0.05, 0.1) is 6.10 Å². The summed E-state index contributed by atoms with van der Waals surface area (Å²) in [7, 11) is 1.88. The molecule has 19 heavy (non-hydrogen) atoms. The van der Waals surface area contributed by atoms with Gasteiger partial charge in [-0.2, -0.15) is 0 Å². The Morgan fingerprint density at radius 2 is 2.21 bits per heavy atom. The lowest BCUT2D eigenvalue weighted by atomic mass is 10.0. The second-order valence-electron chi connectivity index (χ2n) is 5.16. The first-order valence-electron chi connectivity index (χ1n) is 6.81. The maximum Gasteiger partial charge on any atom is 0.251 e. The molecule has 0 radical (unpaired) electrons. The first-order valence-corrected chi connectivity index (χ1v) is 6.81. The number of anilines is 1. The van der Waals surface area contributed by atoms with E-state index in [0.29, 0.717) is 0 Å². The van der Waals surface area contributed by atoms with Crippen LogP contribution in [0.4, 0.5) is 5.69 Å². The molecule has 1 saturated heterocycles. The SMILES string of the molecule is CNc1ccc(C(=O)NC2CCOC(C)C2)cc1C. The normalized spacial score (nSPS) is 22.9. The smallest absolute Gasteiger partial charge is 0.251 e. The van der Waals surface area contributed by atoms with Gasteiger partial charge in [-0.05, 0) is 50.5 Å². The van der Waals surface area contributed by atoms with Crippen LogP contribution in [-0.2, 0) is 4.74 Å². The lowest BCUT2D eigenvalue weighted by Gasteiger charge is -2.28. The van der Waals surface area contributed by atoms with Crippen LogP contribution in [0.15, 0.2) is 18.2 Å². The molecule has 104 valence electrons. The summed E-state index contributed by atoms with van der Waals surface area (Å²) >= 11 is 0. The lowest BCUT2D eigenvalue weighted by molar-refractivity contribution is 0.0136. The Labute approximate surface area is 114 Å². The maximum atomic E-state index is 12.2. The summed E-state index contributed by atoms with van der Waals surface area (Å²) in [5.74, 6) is 0.00449. The van der Waals surface area contributed by atoms with E-state index in [-0.39, 0.29) is 18.1 Å². The second kappa shape index (κ2) is 6.06. The van der Waals surface area contributed by atoms with Gasteiger partial charge in [0.1, 0.15) is 0 Å². The van der Waals surface area contributed by atoms with Gasteiger partial charge in [-0.1, -0.05) is 0 Å². The van der Waals surface area contributed by atoms with Crippen LogP contribution >= 0.6 is 0 Å². The maximum absolute atomic E-state index is 12.2. The van der Waals surface area contributed by atoms with Crippen molar-refractivity contribution in [2.45, 2.75) is 38.8 Å². The molecule has 1 aliphatic heterocycles. The fraction of sp³-hybridized carbons (Fsp3) is 0.533. The van der Waals surface area contributed by atoms with Crippen molar-refractivity contribution in [2.24, 2.45) is 0 Å². The Hall–Kier alpha value is -1.55. The van der Waals surface area contributed by atoms with Crippen molar-refractivity contribution < 1.29 is 9.53 Å². The van der Waals surface area contributed by atoms with Crippen LogP contribution in [0.2, 0.25) is 0 Å². The number of carbonyl (C=O) groups excluding carboxylic acids is 1. The topological polar surface area (TPSA) is 50.4 Å². The number of rotatable bonds is 3. The molecule has 1 aliphatic rings. The number of hydrogen-bond acceptors (Lipinski definition) is 3. The van der Waals surface area contributed by atoms with Crippen LogP contribution in [0.25, 0.3) is 0 Å². The Balaban J connectivity index is 2.01. The molecule has 2 unspecified atom stereocenters. The molecule has 0 saturated carbocycles. The summed E-state index contributed by atoms with van der Waals surface area (Å²) in [6, 6.07) is 5.94. The third kappa shape index (κ3) is 3.47. The molecule has 4 nitrogen and oxygen atoms in total. The van der Waals surface area contributed by atoms with Crippen molar-refractivity contribution in [1.82, 2.24) is 5.32 Å².